The van der Waals surface area contributed by atoms with Crippen LogP contribution in [0, 0.1) is 0 Å². The Balaban J connectivity index is 1.80. The van der Waals surface area contributed by atoms with Gasteiger partial charge in [-0.3, -0.25) is 9.59 Å². The molecule has 1 atom stereocenters. The molecule has 2 aromatic carbocycles. The second kappa shape index (κ2) is 10.6. The van der Waals surface area contributed by atoms with E-state index >= 15 is 0 Å². The number of ether oxygens (including phenoxy) is 1. The van der Waals surface area contributed by atoms with Crippen molar-refractivity contribution in [2.45, 2.75) is 13.0 Å². The van der Waals surface area contributed by atoms with E-state index in [0.717, 1.165) is 0 Å². The molecule has 0 bridgehead atoms. The number of aliphatic hydroxyl groups is 1. The van der Waals surface area contributed by atoms with Crippen molar-refractivity contribution in [3.05, 3.63) is 45.4 Å². The highest BCUT2D eigenvalue weighted by Gasteiger charge is 2.30. The molecule has 2 N–H and O–H groups in total. The molecule has 1 unspecified atom stereocenters. The van der Waals surface area contributed by atoms with Crippen LogP contribution in [0.1, 0.15) is 6.92 Å². The maximum Gasteiger partial charge on any atom is 0.242 e. The topological polar surface area (TPSA) is 82.1 Å². The van der Waals surface area contributed by atoms with Gasteiger partial charge in [0.15, 0.2) is 0 Å². The van der Waals surface area contributed by atoms with E-state index in [1.54, 1.807) is 40.1 Å². The lowest BCUT2D eigenvalue weighted by molar-refractivity contribution is -0.142. The van der Waals surface area contributed by atoms with E-state index in [4.69, 9.17) is 39.5 Å². The van der Waals surface area contributed by atoms with Crippen LogP contribution in [0.15, 0.2) is 30.3 Å². The fourth-order valence-electron chi connectivity index (χ4n) is 3.67. The minimum atomic E-state index is -0.449. The minimum Gasteiger partial charge on any atom is -0.495 e. The number of carbonyl (C=O) groups is 2. The molecule has 1 aliphatic heterocycles. The number of amides is 2. The van der Waals surface area contributed by atoms with Crippen LogP contribution in [0.3, 0.4) is 0 Å². The number of rotatable bonds is 6. The van der Waals surface area contributed by atoms with E-state index in [0.29, 0.717) is 57.3 Å². The van der Waals surface area contributed by atoms with Gasteiger partial charge >= 0.3 is 0 Å². The minimum absolute atomic E-state index is 0.0305. The summed E-state index contributed by atoms with van der Waals surface area (Å²) in [7, 11) is 1.51. The Kier molecular flexibility index (Phi) is 8.11. The molecule has 2 aromatic rings. The van der Waals surface area contributed by atoms with Crippen molar-refractivity contribution in [1.29, 1.82) is 0 Å². The molecule has 10 heteroatoms. The van der Waals surface area contributed by atoms with Crippen molar-refractivity contribution in [1.82, 2.24) is 9.80 Å². The standard InChI is InChI=1S/C22H24Cl3N3O4/c1-13(30)27-5-6-28(15(11-27)12-29)22(31)10-26-20-8-17(19(25)9-21(20)32-2)16-7-14(23)3-4-18(16)24/h3-4,7-9,15,26,29H,5-6,10-12H2,1-2H3. The van der Waals surface area contributed by atoms with E-state index < -0.39 is 6.04 Å². The molecule has 2 amide bonds. The molecular weight excluding hydrogens is 477 g/mol. The van der Waals surface area contributed by atoms with Crippen LogP contribution in [0.25, 0.3) is 11.1 Å². The van der Waals surface area contributed by atoms with Gasteiger partial charge < -0.3 is 25.0 Å². The Bertz CT molecular complexity index is 1020. The van der Waals surface area contributed by atoms with Crippen molar-refractivity contribution in [2.24, 2.45) is 0 Å². The predicted molar refractivity (Wildman–Crippen MR) is 127 cm³/mol. The SMILES string of the molecule is COc1cc(Cl)c(-c2cc(Cl)ccc2Cl)cc1NCC(=O)N1CCN(C(C)=O)CC1CO. The van der Waals surface area contributed by atoms with Gasteiger partial charge in [0.1, 0.15) is 5.75 Å². The lowest BCUT2D eigenvalue weighted by Crippen LogP contribution is -2.58. The second-order valence-electron chi connectivity index (χ2n) is 7.40. The van der Waals surface area contributed by atoms with Crippen LogP contribution >= 0.6 is 34.8 Å². The Labute approximate surface area is 201 Å². The third kappa shape index (κ3) is 5.41. The summed E-state index contributed by atoms with van der Waals surface area (Å²) in [5, 5.41) is 14.2. The zero-order valence-corrected chi connectivity index (χ0v) is 20.0. The largest absolute Gasteiger partial charge is 0.495 e. The predicted octanol–water partition coefficient (Wildman–Crippen LogP) is 3.79. The first-order valence-electron chi connectivity index (χ1n) is 9.97. The molecule has 1 aliphatic rings. The van der Waals surface area contributed by atoms with Gasteiger partial charge in [-0.25, -0.2) is 0 Å². The van der Waals surface area contributed by atoms with Crippen LogP contribution in [-0.2, 0) is 9.59 Å². The van der Waals surface area contributed by atoms with E-state index in [1.807, 2.05) is 0 Å². The van der Waals surface area contributed by atoms with Gasteiger partial charge in [-0.05, 0) is 24.3 Å². The highest BCUT2D eigenvalue weighted by molar-refractivity contribution is 6.37. The lowest BCUT2D eigenvalue weighted by atomic mass is 10.0. The molecule has 1 fully saturated rings. The Morgan fingerprint density at radius 3 is 2.50 bits per heavy atom. The van der Waals surface area contributed by atoms with Gasteiger partial charge in [-0.1, -0.05) is 34.8 Å². The number of methoxy groups -OCH3 is 1. The van der Waals surface area contributed by atoms with E-state index in [1.165, 1.54) is 14.0 Å². The molecule has 3 rings (SSSR count). The summed E-state index contributed by atoms with van der Waals surface area (Å²) < 4.78 is 5.42. The fourth-order valence-corrected chi connectivity index (χ4v) is 4.32. The number of hydrogen-bond donors (Lipinski definition) is 2. The zero-order chi connectivity index (χ0) is 23.4. The van der Waals surface area contributed by atoms with Crippen molar-refractivity contribution in [2.75, 3.05) is 45.2 Å². The highest BCUT2D eigenvalue weighted by Crippen LogP contribution is 2.40. The number of nitrogens with one attached hydrogen (secondary N) is 1. The fraction of sp³-hybridized carbons (Fsp3) is 0.364. The first kappa shape index (κ1) is 24.5. The van der Waals surface area contributed by atoms with Crippen LogP contribution in [0.2, 0.25) is 15.1 Å². The number of nitrogens with zero attached hydrogens (tertiary/aromatic N) is 2. The zero-order valence-electron chi connectivity index (χ0n) is 17.7. The van der Waals surface area contributed by atoms with Gasteiger partial charge in [-0.2, -0.15) is 0 Å². The molecule has 0 spiro atoms. The Hall–Kier alpha value is -2.19. The normalized spacial score (nSPS) is 16.1. The number of hydrogen-bond acceptors (Lipinski definition) is 5. The third-order valence-corrected chi connectivity index (χ3v) is 6.27. The van der Waals surface area contributed by atoms with E-state index in [9.17, 15) is 14.7 Å². The van der Waals surface area contributed by atoms with Crippen molar-refractivity contribution >= 4 is 52.3 Å². The van der Waals surface area contributed by atoms with Gasteiger partial charge in [0.05, 0.1) is 37.0 Å². The number of aliphatic hydroxyl groups excluding tert-OH is 1. The highest BCUT2D eigenvalue weighted by atomic mass is 35.5. The Morgan fingerprint density at radius 1 is 1.12 bits per heavy atom. The summed E-state index contributed by atoms with van der Waals surface area (Å²) in [6.45, 7) is 2.31. The molecule has 0 radical (unpaired) electrons. The van der Waals surface area contributed by atoms with E-state index in [2.05, 4.69) is 5.32 Å². The number of halogens is 3. The summed E-state index contributed by atoms with van der Waals surface area (Å²) >= 11 is 18.9. The van der Waals surface area contributed by atoms with Crippen LogP contribution in [0.4, 0.5) is 5.69 Å². The maximum absolute atomic E-state index is 12.9. The number of carbonyl (C=O) groups excluding carboxylic acids is 2. The summed E-state index contributed by atoms with van der Waals surface area (Å²) in [4.78, 5) is 27.7. The summed E-state index contributed by atoms with van der Waals surface area (Å²) in [6.07, 6.45) is 0. The first-order chi connectivity index (χ1) is 15.2. The molecule has 7 nitrogen and oxygen atoms in total. The van der Waals surface area contributed by atoms with Crippen molar-refractivity contribution in [3.63, 3.8) is 0 Å². The number of piperazine rings is 1. The number of anilines is 1. The quantitative estimate of drug-likeness (QED) is 0.631. The van der Waals surface area contributed by atoms with Gasteiger partial charge in [-0.15, -0.1) is 0 Å². The second-order valence-corrected chi connectivity index (χ2v) is 8.65. The summed E-state index contributed by atoms with van der Waals surface area (Å²) in [6, 6.07) is 8.03. The average Bonchev–Trinajstić information content (AvgIpc) is 2.78. The third-order valence-electron chi connectivity index (χ3n) is 5.40. The molecule has 172 valence electrons. The Morgan fingerprint density at radius 2 is 1.84 bits per heavy atom. The van der Waals surface area contributed by atoms with Gasteiger partial charge in [0.25, 0.3) is 0 Å². The smallest absolute Gasteiger partial charge is 0.242 e. The van der Waals surface area contributed by atoms with E-state index in [-0.39, 0.29) is 25.0 Å². The molecule has 1 saturated heterocycles. The monoisotopic (exact) mass is 499 g/mol. The molecular formula is C22H24Cl3N3O4. The summed E-state index contributed by atoms with van der Waals surface area (Å²) in [5.74, 6) is 0.184. The van der Waals surface area contributed by atoms with Crippen LogP contribution in [-0.4, -0.2) is 72.7 Å². The average molecular weight is 501 g/mol. The van der Waals surface area contributed by atoms with Crippen molar-refractivity contribution in [3.8, 4) is 16.9 Å². The van der Waals surface area contributed by atoms with Gasteiger partial charge in [0, 0.05) is 53.8 Å². The number of benzene rings is 2. The first-order valence-corrected chi connectivity index (χ1v) is 11.1. The van der Waals surface area contributed by atoms with Gasteiger partial charge in [0.2, 0.25) is 11.8 Å². The van der Waals surface area contributed by atoms with Crippen molar-refractivity contribution < 1.29 is 19.4 Å². The summed E-state index contributed by atoms with van der Waals surface area (Å²) in [5.41, 5.74) is 1.85. The van der Waals surface area contributed by atoms with Crippen LogP contribution < -0.4 is 10.1 Å². The molecule has 0 aliphatic carbocycles. The molecule has 0 aromatic heterocycles. The lowest BCUT2D eigenvalue weighted by Gasteiger charge is -2.40. The molecule has 32 heavy (non-hydrogen) atoms. The molecule has 1 heterocycles. The maximum atomic E-state index is 12.9. The van der Waals surface area contributed by atoms with Crippen LogP contribution in [0.5, 0.6) is 5.75 Å². The molecule has 0 saturated carbocycles.